The molecule has 1 aromatic heterocycles. The van der Waals surface area contributed by atoms with Gasteiger partial charge in [-0.05, 0) is 42.8 Å². The molecule has 1 heterocycles. The predicted octanol–water partition coefficient (Wildman–Crippen LogP) is 2.74. The van der Waals surface area contributed by atoms with Gasteiger partial charge in [0.25, 0.3) is 11.8 Å². The smallest absolute Gasteiger partial charge is 0.262 e. The topological polar surface area (TPSA) is 104 Å². The van der Waals surface area contributed by atoms with Crippen LogP contribution in [0.25, 0.3) is 0 Å². The Morgan fingerprint density at radius 2 is 1.81 bits per heavy atom. The molecule has 0 aliphatic carbocycles. The lowest BCUT2D eigenvalue weighted by Gasteiger charge is -2.13. The van der Waals surface area contributed by atoms with Gasteiger partial charge in [0.05, 0.1) is 19.9 Å². The van der Waals surface area contributed by atoms with Gasteiger partial charge in [-0.1, -0.05) is 12.1 Å². The van der Waals surface area contributed by atoms with Gasteiger partial charge in [-0.3, -0.25) is 14.3 Å². The average Bonchev–Trinajstić information content (AvgIpc) is 3.34. The molecule has 9 nitrogen and oxygen atoms in total. The summed E-state index contributed by atoms with van der Waals surface area (Å²) < 4.78 is 17.9. The van der Waals surface area contributed by atoms with Gasteiger partial charge in [-0.15, -0.1) is 0 Å². The Hall–Kier alpha value is -4.01. The number of methoxy groups -OCH3 is 2. The number of amides is 2. The number of hydrogen-bond donors (Lipinski definition) is 2. The third kappa shape index (κ3) is 6.24. The number of benzene rings is 2. The van der Waals surface area contributed by atoms with Crippen LogP contribution in [0, 0.1) is 0 Å². The molecule has 0 aliphatic heterocycles. The molecule has 0 atom stereocenters. The van der Waals surface area contributed by atoms with E-state index >= 15 is 0 Å². The normalized spacial score (nSPS) is 10.3. The molecule has 2 N–H and O–H groups in total. The van der Waals surface area contributed by atoms with Crippen molar-refractivity contribution in [3.8, 4) is 17.2 Å². The molecule has 3 aromatic rings. The second-order valence-electron chi connectivity index (χ2n) is 6.78. The second kappa shape index (κ2) is 11.4. The second-order valence-corrected chi connectivity index (χ2v) is 6.78. The van der Waals surface area contributed by atoms with E-state index in [1.54, 1.807) is 42.6 Å². The molecule has 168 valence electrons. The summed E-state index contributed by atoms with van der Waals surface area (Å²) >= 11 is 0. The number of nitrogens with zero attached hydrogens (tertiary/aromatic N) is 2. The van der Waals surface area contributed by atoms with Crippen LogP contribution < -0.4 is 24.8 Å². The zero-order valence-electron chi connectivity index (χ0n) is 18.0. The van der Waals surface area contributed by atoms with E-state index in [4.69, 9.17) is 14.2 Å². The Kier molecular flexibility index (Phi) is 8.08. The van der Waals surface area contributed by atoms with Crippen molar-refractivity contribution < 1.29 is 23.8 Å². The molecule has 0 radical (unpaired) electrons. The fourth-order valence-corrected chi connectivity index (χ4v) is 2.98. The first kappa shape index (κ1) is 22.7. The lowest BCUT2D eigenvalue weighted by molar-refractivity contribution is -0.118. The quantitative estimate of drug-likeness (QED) is 0.446. The first-order valence-corrected chi connectivity index (χ1v) is 10.1. The van der Waals surface area contributed by atoms with Crippen LogP contribution in [0.1, 0.15) is 16.8 Å². The number of carbonyl (C=O) groups excluding carboxylic acids is 2. The van der Waals surface area contributed by atoms with Crippen LogP contribution in [0.15, 0.2) is 60.9 Å². The predicted molar refractivity (Wildman–Crippen MR) is 119 cm³/mol. The van der Waals surface area contributed by atoms with Crippen molar-refractivity contribution in [1.29, 1.82) is 0 Å². The number of ether oxygens (including phenoxy) is 3. The minimum atomic E-state index is -0.351. The van der Waals surface area contributed by atoms with Crippen molar-refractivity contribution in [2.45, 2.75) is 13.0 Å². The first-order valence-electron chi connectivity index (χ1n) is 10.1. The largest absolute Gasteiger partial charge is 0.495 e. The highest BCUT2D eigenvalue weighted by molar-refractivity contribution is 5.95. The van der Waals surface area contributed by atoms with Crippen molar-refractivity contribution in [3.63, 3.8) is 0 Å². The summed E-state index contributed by atoms with van der Waals surface area (Å²) in [5.41, 5.74) is 0.988. The zero-order valence-corrected chi connectivity index (χ0v) is 18.0. The summed E-state index contributed by atoms with van der Waals surface area (Å²) in [6, 6.07) is 13.8. The molecule has 3 rings (SSSR count). The van der Waals surface area contributed by atoms with E-state index < -0.39 is 0 Å². The van der Waals surface area contributed by atoms with Crippen molar-refractivity contribution in [1.82, 2.24) is 15.1 Å². The van der Waals surface area contributed by atoms with Gasteiger partial charge < -0.3 is 24.8 Å². The molecule has 0 fully saturated rings. The van der Waals surface area contributed by atoms with Crippen molar-refractivity contribution >= 4 is 17.5 Å². The van der Waals surface area contributed by atoms with E-state index in [-0.39, 0.29) is 18.4 Å². The highest BCUT2D eigenvalue weighted by Crippen LogP contribution is 2.28. The van der Waals surface area contributed by atoms with Crippen molar-refractivity contribution in [3.05, 3.63) is 66.5 Å². The summed E-state index contributed by atoms with van der Waals surface area (Å²) in [7, 11) is 3.01. The minimum Gasteiger partial charge on any atom is -0.495 e. The Labute approximate surface area is 186 Å². The molecule has 2 amide bonds. The lowest BCUT2D eigenvalue weighted by Crippen LogP contribution is -2.25. The zero-order chi connectivity index (χ0) is 22.8. The number of aryl methyl sites for hydroxylation is 1. The van der Waals surface area contributed by atoms with Crippen LogP contribution in [-0.2, 0) is 11.3 Å². The number of aromatic nitrogens is 2. The highest BCUT2D eigenvalue weighted by Gasteiger charge is 2.13. The molecule has 0 spiro atoms. The molecule has 0 unspecified atom stereocenters. The van der Waals surface area contributed by atoms with Gasteiger partial charge in [0.1, 0.15) is 5.75 Å². The third-order valence-corrected chi connectivity index (χ3v) is 4.57. The van der Waals surface area contributed by atoms with Gasteiger partial charge in [0, 0.05) is 31.0 Å². The first-order chi connectivity index (χ1) is 15.6. The van der Waals surface area contributed by atoms with Gasteiger partial charge in [-0.2, -0.15) is 5.10 Å². The Morgan fingerprint density at radius 1 is 1.00 bits per heavy atom. The monoisotopic (exact) mass is 438 g/mol. The summed E-state index contributed by atoms with van der Waals surface area (Å²) in [6.07, 6.45) is 4.35. The van der Waals surface area contributed by atoms with Crippen LogP contribution in [0.3, 0.4) is 0 Å². The minimum absolute atomic E-state index is 0.218. The molecule has 9 heteroatoms. The summed E-state index contributed by atoms with van der Waals surface area (Å²) in [5, 5.41) is 9.73. The SMILES string of the molecule is COc1ccccc1NC(=O)COc1ccc(C(=O)NCCCn2cccn2)cc1OC. The summed E-state index contributed by atoms with van der Waals surface area (Å²) in [4.78, 5) is 24.7. The standard InChI is InChI=1S/C23H26N4O5/c1-30-19-8-4-3-7-18(19)26-22(28)16-32-20-10-9-17(15-21(20)31-2)23(29)24-11-5-13-27-14-6-12-25-27/h3-4,6-10,12,14-15H,5,11,13,16H2,1-2H3,(H,24,29)(H,26,28). The van der Waals surface area contributed by atoms with Crippen LogP contribution in [-0.4, -0.2) is 49.0 Å². The molecular weight excluding hydrogens is 412 g/mol. The number of para-hydroxylation sites is 2. The van der Waals surface area contributed by atoms with Gasteiger partial charge in [0.2, 0.25) is 0 Å². The maximum atomic E-state index is 12.4. The maximum Gasteiger partial charge on any atom is 0.262 e. The van der Waals surface area contributed by atoms with Gasteiger partial charge in [-0.25, -0.2) is 0 Å². The Balaban J connectivity index is 1.51. The number of rotatable bonds is 11. The van der Waals surface area contributed by atoms with Crippen LogP contribution in [0.2, 0.25) is 0 Å². The van der Waals surface area contributed by atoms with Crippen LogP contribution >= 0.6 is 0 Å². The molecule has 0 bridgehead atoms. The average molecular weight is 438 g/mol. The van der Waals surface area contributed by atoms with Crippen molar-refractivity contribution in [2.24, 2.45) is 0 Å². The fourth-order valence-electron chi connectivity index (χ4n) is 2.98. The van der Waals surface area contributed by atoms with E-state index in [1.165, 1.54) is 14.2 Å². The molecule has 2 aromatic carbocycles. The van der Waals surface area contributed by atoms with Gasteiger partial charge >= 0.3 is 0 Å². The Morgan fingerprint density at radius 3 is 2.56 bits per heavy atom. The van der Waals surface area contributed by atoms with E-state index in [1.807, 2.05) is 23.0 Å². The summed E-state index contributed by atoms with van der Waals surface area (Å²) in [5.74, 6) is 0.704. The molecule has 32 heavy (non-hydrogen) atoms. The molecule has 0 aliphatic rings. The molecular formula is C23H26N4O5. The maximum absolute atomic E-state index is 12.4. The number of anilines is 1. The summed E-state index contributed by atoms with van der Waals surface area (Å²) in [6.45, 7) is 1.01. The molecule has 0 saturated heterocycles. The van der Waals surface area contributed by atoms with E-state index in [0.717, 1.165) is 13.0 Å². The van der Waals surface area contributed by atoms with Gasteiger partial charge in [0.15, 0.2) is 18.1 Å². The van der Waals surface area contributed by atoms with E-state index in [0.29, 0.717) is 35.0 Å². The van der Waals surface area contributed by atoms with E-state index in [2.05, 4.69) is 15.7 Å². The number of hydrogen-bond acceptors (Lipinski definition) is 6. The van der Waals surface area contributed by atoms with E-state index in [9.17, 15) is 9.59 Å². The number of carbonyl (C=O) groups is 2. The van der Waals surface area contributed by atoms with Crippen LogP contribution in [0.4, 0.5) is 5.69 Å². The molecule has 0 saturated carbocycles. The lowest BCUT2D eigenvalue weighted by atomic mass is 10.2. The number of nitrogens with one attached hydrogen (secondary N) is 2. The van der Waals surface area contributed by atoms with Crippen molar-refractivity contribution in [2.75, 3.05) is 32.7 Å². The third-order valence-electron chi connectivity index (χ3n) is 4.57. The highest BCUT2D eigenvalue weighted by atomic mass is 16.5. The Bertz CT molecular complexity index is 1040. The van der Waals surface area contributed by atoms with Crippen LogP contribution in [0.5, 0.6) is 17.2 Å². The fraction of sp³-hybridized carbons (Fsp3) is 0.261.